The van der Waals surface area contributed by atoms with Gasteiger partial charge < -0.3 is 14.5 Å². The number of hydrogen-bond donors (Lipinski definition) is 1. The van der Waals surface area contributed by atoms with Gasteiger partial charge in [0.1, 0.15) is 0 Å². The van der Waals surface area contributed by atoms with Crippen molar-refractivity contribution in [3.8, 4) is 0 Å². The van der Waals surface area contributed by atoms with Crippen molar-refractivity contribution in [3.63, 3.8) is 0 Å². The molecule has 0 aliphatic heterocycles. The molecule has 78 valence electrons. The number of quaternary nitrogens is 1. The van der Waals surface area contributed by atoms with Gasteiger partial charge in [0.15, 0.2) is 0 Å². The van der Waals surface area contributed by atoms with Crippen LogP contribution in [-0.4, -0.2) is 51.8 Å². The lowest BCUT2D eigenvalue weighted by molar-refractivity contribution is -0.883. The summed E-state index contributed by atoms with van der Waals surface area (Å²) in [5.74, 6) is 0. The monoisotopic (exact) mass is 189 g/mol. The lowest BCUT2D eigenvalue weighted by Crippen LogP contribution is -3.09. The van der Waals surface area contributed by atoms with Crippen LogP contribution in [0.5, 0.6) is 0 Å². The SMILES string of the molecule is C[C@H](CCOC(=O)N(C)C)[NH+](C)C. The van der Waals surface area contributed by atoms with E-state index in [4.69, 9.17) is 4.74 Å². The zero-order valence-corrected chi connectivity index (χ0v) is 9.26. The van der Waals surface area contributed by atoms with Gasteiger partial charge in [-0.3, -0.25) is 0 Å². The summed E-state index contributed by atoms with van der Waals surface area (Å²) < 4.78 is 5.00. The Bertz CT molecular complexity index is 158. The van der Waals surface area contributed by atoms with Crippen molar-refractivity contribution in [3.05, 3.63) is 0 Å². The van der Waals surface area contributed by atoms with E-state index in [0.29, 0.717) is 12.6 Å². The smallest absolute Gasteiger partial charge is 0.409 e. The highest BCUT2D eigenvalue weighted by Gasteiger charge is 2.10. The third kappa shape index (κ3) is 5.47. The van der Waals surface area contributed by atoms with Crippen molar-refractivity contribution in [2.75, 3.05) is 34.8 Å². The Labute approximate surface area is 80.5 Å². The number of nitrogens with one attached hydrogen (secondary N) is 1. The van der Waals surface area contributed by atoms with Crippen molar-refractivity contribution < 1.29 is 14.4 Å². The number of nitrogens with zero attached hydrogens (tertiary/aromatic N) is 1. The molecule has 0 rings (SSSR count). The molecular formula is C9H21N2O2+. The maximum absolute atomic E-state index is 11.0. The minimum Gasteiger partial charge on any atom is -0.449 e. The number of rotatable bonds is 4. The summed E-state index contributed by atoms with van der Waals surface area (Å²) in [5, 5.41) is 0. The van der Waals surface area contributed by atoms with Gasteiger partial charge in [0, 0.05) is 20.5 Å². The highest BCUT2D eigenvalue weighted by Crippen LogP contribution is 1.90. The molecule has 1 N–H and O–H groups in total. The predicted molar refractivity (Wildman–Crippen MR) is 51.9 cm³/mol. The number of amides is 1. The van der Waals surface area contributed by atoms with Gasteiger partial charge in [0.2, 0.25) is 0 Å². The number of carbonyl (C=O) groups is 1. The molecule has 0 aromatic carbocycles. The summed E-state index contributed by atoms with van der Waals surface area (Å²) in [6.07, 6.45) is 0.642. The van der Waals surface area contributed by atoms with E-state index in [1.165, 1.54) is 9.80 Å². The van der Waals surface area contributed by atoms with E-state index in [-0.39, 0.29) is 6.09 Å². The van der Waals surface area contributed by atoms with Crippen LogP contribution in [0.1, 0.15) is 13.3 Å². The van der Waals surface area contributed by atoms with E-state index in [0.717, 1.165) is 6.42 Å². The molecule has 0 aliphatic rings. The van der Waals surface area contributed by atoms with Crippen LogP contribution in [0.3, 0.4) is 0 Å². The standard InChI is InChI=1S/C9H20N2O2/c1-8(10(2)3)6-7-13-9(12)11(4)5/h8H,6-7H2,1-5H3/p+1/t8-/m1/s1. The Hall–Kier alpha value is -0.770. The summed E-state index contributed by atoms with van der Waals surface area (Å²) in [7, 11) is 7.56. The van der Waals surface area contributed by atoms with E-state index in [1.54, 1.807) is 14.1 Å². The highest BCUT2D eigenvalue weighted by atomic mass is 16.6. The minimum absolute atomic E-state index is 0.263. The van der Waals surface area contributed by atoms with Crippen LogP contribution in [0, 0.1) is 0 Å². The average Bonchev–Trinajstić information content (AvgIpc) is 2.03. The van der Waals surface area contributed by atoms with E-state index in [2.05, 4.69) is 21.0 Å². The molecule has 1 atom stereocenters. The number of hydrogen-bond acceptors (Lipinski definition) is 2. The summed E-state index contributed by atoms with van der Waals surface area (Å²) in [6.45, 7) is 2.64. The van der Waals surface area contributed by atoms with Crippen molar-refractivity contribution in [1.82, 2.24) is 4.90 Å². The summed E-state index contributed by atoms with van der Waals surface area (Å²) >= 11 is 0. The first-order valence-electron chi connectivity index (χ1n) is 4.59. The molecule has 0 aliphatic carbocycles. The highest BCUT2D eigenvalue weighted by molar-refractivity contribution is 5.66. The Balaban J connectivity index is 3.51. The lowest BCUT2D eigenvalue weighted by atomic mass is 10.2. The molecule has 4 nitrogen and oxygen atoms in total. The molecule has 0 radical (unpaired) electrons. The van der Waals surface area contributed by atoms with Crippen molar-refractivity contribution in [1.29, 1.82) is 0 Å². The summed E-state index contributed by atoms with van der Waals surface area (Å²) in [5.41, 5.74) is 0. The fourth-order valence-electron chi connectivity index (χ4n) is 0.741. The molecule has 0 saturated carbocycles. The predicted octanol–water partition coefficient (Wildman–Crippen LogP) is -0.392. The molecular weight excluding hydrogens is 168 g/mol. The van der Waals surface area contributed by atoms with Crippen molar-refractivity contribution in [2.24, 2.45) is 0 Å². The fourth-order valence-corrected chi connectivity index (χ4v) is 0.741. The van der Waals surface area contributed by atoms with Crippen LogP contribution >= 0.6 is 0 Å². The molecule has 13 heavy (non-hydrogen) atoms. The molecule has 0 spiro atoms. The van der Waals surface area contributed by atoms with Gasteiger partial charge in [0.05, 0.1) is 26.7 Å². The maximum Gasteiger partial charge on any atom is 0.409 e. The van der Waals surface area contributed by atoms with Crippen LogP contribution in [0.2, 0.25) is 0 Å². The summed E-state index contributed by atoms with van der Waals surface area (Å²) in [6, 6.07) is 0.523. The zero-order chi connectivity index (χ0) is 10.4. The second-order valence-corrected chi connectivity index (χ2v) is 3.78. The Morgan fingerprint density at radius 1 is 1.46 bits per heavy atom. The van der Waals surface area contributed by atoms with Gasteiger partial charge in [-0.1, -0.05) is 0 Å². The van der Waals surface area contributed by atoms with Crippen LogP contribution in [0.25, 0.3) is 0 Å². The third-order valence-corrected chi connectivity index (χ3v) is 2.13. The fraction of sp³-hybridized carbons (Fsp3) is 0.889. The van der Waals surface area contributed by atoms with Crippen LogP contribution in [0.4, 0.5) is 4.79 Å². The molecule has 0 fully saturated rings. The normalized spacial score (nSPS) is 12.8. The molecule has 0 heterocycles. The van der Waals surface area contributed by atoms with E-state index >= 15 is 0 Å². The number of carbonyl (C=O) groups excluding carboxylic acids is 1. The third-order valence-electron chi connectivity index (χ3n) is 2.13. The van der Waals surface area contributed by atoms with Crippen molar-refractivity contribution >= 4 is 6.09 Å². The first kappa shape index (κ1) is 12.2. The minimum atomic E-state index is -0.263. The van der Waals surface area contributed by atoms with Gasteiger partial charge >= 0.3 is 6.09 Å². The first-order chi connectivity index (χ1) is 5.95. The van der Waals surface area contributed by atoms with Gasteiger partial charge in [0.25, 0.3) is 0 Å². The Morgan fingerprint density at radius 2 is 2.00 bits per heavy atom. The van der Waals surface area contributed by atoms with Crippen LogP contribution < -0.4 is 4.90 Å². The molecule has 0 unspecified atom stereocenters. The molecule has 0 bridgehead atoms. The van der Waals surface area contributed by atoms with Crippen LogP contribution in [0.15, 0.2) is 0 Å². The second kappa shape index (κ2) is 5.80. The van der Waals surface area contributed by atoms with E-state index in [1.807, 2.05) is 0 Å². The first-order valence-corrected chi connectivity index (χ1v) is 4.59. The Kier molecular flexibility index (Phi) is 5.46. The second-order valence-electron chi connectivity index (χ2n) is 3.78. The lowest BCUT2D eigenvalue weighted by Gasteiger charge is -2.17. The largest absolute Gasteiger partial charge is 0.449 e. The quantitative estimate of drug-likeness (QED) is 0.653. The molecule has 4 heteroatoms. The van der Waals surface area contributed by atoms with Crippen LogP contribution in [-0.2, 0) is 4.74 Å². The van der Waals surface area contributed by atoms with Gasteiger partial charge in [-0.15, -0.1) is 0 Å². The average molecular weight is 189 g/mol. The molecule has 0 saturated heterocycles. The number of ether oxygens (including phenoxy) is 1. The van der Waals surface area contributed by atoms with E-state index in [9.17, 15) is 4.79 Å². The summed E-state index contributed by atoms with van der Waals surface area (Å²) in [4.78, 5) is 13.8. The molecule has 1 amide bonds. The van der Waals surface area contributed by atoms with Crippen molar-refractivity contribution in [2.45, 2.75) is 19.4 Å². The molecule has 0 aromatic heterocycles. The van der Waals surface area contributed by atoms with Gasteiger partial charge in [-0.2, -0.15) is 0 Å². The zero-order valence-electron chi connectivity index (χ0n) is 9.26. The Morgan fingerprint density at radius 3 is 2.38 bits per heavy atom. The topological polar surface area (TPSA) is 34.0 Å². The van der Waals surface area contributed by atoms with Gasteiger partial charge in [-0.05, 0) is 6.92 Å². The molecule has 0 aromatic rings. The maximum atomic E-state index is 11.0. The van der Waals surface area contributed by atoms with Gasteiger partial charge in [-0.25, -0.2) is 4.79 Å². The van der Waals surface area contributed by atoms with E-state index < -0.39 is 0 Å².